The number of benzene rings is 2. The lowest BCUT2D eigenvalue weighted by Crippen LogP contribution is -2.19. The molecule has 2 aromatic carbocycles. The van der Waals surface area contributed by atoms with E-state index in [4.69, 9.17) is 0 Å². The van der Waals surface area contributed by atoms with E-state index >= 15 is 0 Å². The van der Waals surface area contributed by atoms with Crippen molar-refractivity contribution in [2.24, 2.45) is 0 Å². The maximum Gasteiger partial charge on any atom is 0.417 e. The highest BCUT2D eigenvalue weighted by atomic mass is 32.2. The highest BCUT2D eigenvalue weighted by Gasteiger charge is 2.36. The Labute approximate surface area is 142 Å². The highest BCUT2D eigenvalue weighted by molar-refractivity contribution is 7.92. The fourth-order valence-corrected chi connectivity index (χ4v) is 3.84. The molecule has 0 spiro atoms. The first-order valence-corrected chi connectivity index (χ1v) is 10.0. The predicted octanol–water partition coefficient (Wildman–Crippen LogP) is 2.88. The molecule has 0 saturated heterocycles. The van der Waals surface area contributed by atoms with E-state index in [1.807, 2.05) is 4.72 Å². The van der Waals surface area contributed by atoms with Gasteiger partial charge in [-0.2, -0.15) is 13.2 Å². The molecule has 0 unspecified atom stereocenters. The fourth-order valence-electron chi connectivity index (χ4n) is 2.01. The molecule has 2 N–H and O–H groups in total. The lowest BCUT2D eigenvalue weighted by atomic mass is 10.2. The first-order chi connectivity index (χ1) is 11.4. The standard InChI is InChI=1S/C14H13F3N2O4S2/c1-24(20,21)18-10-5-4-6-11(9-10)19-25(22,23)13-8-3-2-7-12(13)14(15,16)17/h2-9,18-19H,1H3. The van der Waals surface area contributed by atoms with Crippen molar-refractivity contribution in [3.05, 3.63) is 54.1 Å². The van der Waals surface area contributed by atoms with Gasteiger partial charge in [0.15, 0.2) is 0 Å². The van der Waals surface area contributed by atoms with Crippen LogP contribution in [-0.4, -0.2) is 23.1 Å². The maximum absolute atomic E-state index is 13.0. The van der Waals surface area contributed by atoms with Gasteiger partial charge in [-0.25, -0.2) is 16.8 Å². The van der Waals surface area contributed by atoms with E-state index in [1.165, 1.54) is 24.3 Å². The van der Waals surface area contributed by atoms with Gasteiger partial charge in [-0.05, 0) is 30.3 Å². The van der Waals surface area contributed by atoms with Crippen LogP contribution >= 0.6 is 0 Å². The Balaban J connectivity index is 2.40. The molecule has 0 aromatic heterocycles. The summed E-state index contributed by atoms with van der Waals surface area (Å²) < 4.78 is 90.2. The van der Waals surface area contributed by atoms with Gasteiger partial charge in [0.25, 0.3) is 10.0 Å². The van der Waals surface area contributed by atoms with Crippen LogP contribution < -0.4 is 9.44 Å². The van der Waals surface area contributed by atoms with E-state index in [0.717, 1.165) is 24.5 Å². The quantitative estimate of drug-likeness (QED) is 0.816. The molecule has 2 rings (SSSR count). The van der Waals surface area contributed by atoms with Crippen LogP contribution in [0.15, 0.2) is 53.4 Å². The summed E-state index contributed by atoms with van der Waals surface area (Å²) in [5, 5.41) is 0. The Bertz CT molecular complexity index is 987. The number of rotatable bonds is 5. The molecule has 6 nitrogen and oxygen atoms in total. The van der Waals surface area contributed by atoms with Crippen molar-refractivity contribution < 1.29 is 30.0 Å². The van der Waals surface area contributed by atoms with Gasteiger partial charge in [0.05, 0.1) is 28.1 Å². The molecule has 0 atom stereocenters. The van der Waals surface area contributed by atoms with Crippen LogP contribution in [0.3, 0.4) is 0 Å². The van der Waals surface area contributed by atoms with Crippen LogP contribution in [0.4, 0.5) is 24.5 Å². The first kappa shape index (κ1) is 19.1. The summed E-state index contributed by atoms with van der Waals surface area (Å²) in [7, 11) is -8.13. The van der Waals surface area contributed by atoms with Crippen molar-refractivity contribution in [3.8, 4) is 0 Å². The van der Waals surface area contributed by atoms with Gasteiger partial charge in [0.1, 0.15) is 0 Å². The molecule has 0 amide bonds. The molecular weight excluding hydrogens is 381 g/mol. The van der Waals surface area contributed by atoms with Gasteiger partial charge in [0, 0.05) is 0 Å². The third kappa shape index (κ3) is 5.10. The van der Waals surface area contributed by atoms with Gasteiger partial charge >= 0.3 is 6.18 Å². The third-order valence-corrected chi connectivity index (χ3v) is 4.95. The molecule has 0 aliphatic rings. The second kappa shape index (κ2) is 6.56. The van der Waals surface area contributed by atoms with E-state index in [0.29, 0.717) is 6.07 Å². The van der Waals surface area contributed by atoms with Crippen molar-refractivity contribution in [3.63, 3.8) is 0 Å². The summed E-state index contributed by atoms with van der Waals surface area (Å²) in [6, 6.07) is 8.89. The molecule has 11 heteroatoms. The molecule has 25 heavy (non-hydrogen) atoms. The average molecular weight is 394 g/mol. The zero-order valence-electron chi connectivity index (χ0n) is 12.7. The topological polar surface area (TPSA) is 92.3 Å². The smallest absolute Gasteiger partial charge is 0.284 e. The van der Waals surface area contributed by atoms with Crippen molar-refractivity contribution in [1.82, 2.24) is 0 Å². The second-order valence-corrected chi connectivity index (χ2v) is 8.45. The Morgan fingerprint density at radius 2 is 1.40 bits per heavy atom. The van der Waals surface area contributed by atoms with E-state index in [9.17, 15) is 30.0 Å². The normalized spacial score (nSPS) is 12.6. The summed E-state index contributed by atoms with van der Waals surface area (Å²) in [5.74, 6) is 0. The van der Waals surface area contributed by atoms with Crippen LogP contribution in [0.5, 0.6) is 0 Å². The lowest BCUT2D eigenvalue weighted by Gasteiger charge is -2.14. The third-order valence-electron chi connectivity index (χ3n) is 2.90. The number of anilines is 2. The van der Waals surface area contributed by atoms with Crippen LogP contribution in [0.2, 0.25) is 0 Å². The molecule has 2 aromatic rings. The number of hydrogen-bond acceptors (Lipinski definition) is 4. The Kier molecular flexibility index (Phi) is 5.00. The zero-order valence-corrected chi connectivity index (χ0v) is 14.3. The van der Waals surface area contributed by atoms with Gasteiger partial charge in [-0.1, -0.05) is 18.2 Å². The molecular formula is C14H13F3N2O4S2. The number of sulfonamides is 2. The van der Waals surface area contributed by atoms with E-state index in [1.54, 1.807) is 0 Å². The molecule has 0 fully saturated rings. The zero-order chi connectivity index (χ0) is 18.9. The molecule has 0 bridgehead atoms. The molecule has 136 valence electrons. The Morgan fingerprint density at radius 1 is 0.840 bits per heavy atom. The van der Waals surface area contributed by atoms with Gasteiger partial charge in [-0.15, -0.1) is 0 Å². The van der Waals surface area contributed by atoms with E-state index in [-0.39, 0.29) is 11.4 Å². The average Bonchev–Trinajstić information content (AvgIpc) is 2.44. The summed E-state index contributed by atoms with van der Waals surface area (Å²) in [5.41, 5.74) is -1.33. The molecule has 0 aliphatic heterocycles. The fraction of sp³-hybridized carbons (Fsp3) is 0.143. The maximum atomic E-state index is 13.0. The first-order valence-electron chi connectivity index (χ1n) is 6.65. The summed E-state index contributed by atoms with van der Waals surface area (Å²) in [4.78, 5) is -0.927. The minimum absolute atomic E-state index is 0.0619. The molecule has 0 saturated carbocycles. The van der Waals surface area contributed by atoms with Crippen LogP contribution in [0, 0.1) is 0 Å². The largest absolute Gasteiger partial charge is 0.417 e. The van der Waals surface area contributed by atoms with Crippen molar-refractivity contribution in [1.29, 1.82) is 0 Å². The molecule has 0 radical (unpaired) electrons. The number of halogens is 3. The summed E-state index contributed by atoms with van der Waals surface area (Å²) in [6.07, 6.45) is -3.94. The van der Waals surface area contributed by atoms with Crippen LogP contribution in [-0.2, 0) is 26.2 Å². The minimum atomic E-state index is -4.84. The number of alkyl halides is 3. The van der Waals surface area contributed by atoms with Crippen molar-refractivity contribution >= 4 is 31.4 Å². The lowest BCUT2D eigenvalue weighted by molar-refractivity contribution is -0.139. The summed E-state index contributed by atoms with van der Waals surface area (Å²) >= 11 is 0. The monoisotopic (exact) mass is 394 g/mol. The van der Waals surface area contributed by atoms with Gasteiger partial charge in [-0.3, -0.25) is 9.44 Å². The minimum Gasteiger partial charge on any atom is -0.284 e. The van der Waals surface area contributed by atoms with E-state index < -0.39 is 36.7 Å². The van der Waals surface area contributed by atoms with Crippen LogP contribution in [0.1, 0.15) is 5.56 Å². The second-order valence-electron chi connectivity index (χ2n) is 5.05. The molecule has 0 heterocycles. The Hall–Kier alpha value is -2.27. The van der Waals surface area contributed by atoms with E-state index in [2.05, 4.69) is 4.72 Å². The number of nitrogens with one attached hydrogen (secondary N) is 2. The highest BCUT2D eigenvalue weighted by Crippen LogP contribution is 2.34. The number of hydrogen-bond donors (Lipinski definition) is 2. The van der Waals surface area contributed by atoms with Crippen molar-refractivity contribution in [2.45, 2.75) is 11.1 Å². The van der Waals surface area contributed by atoms with Crippen molar-refractivity contribution in [2.75, 3.05) is 15.7 Å². The van der Waals surface area contributed by atoms with Gasteiger partial charge in [0.2, 0.25) is 10.0 Å². The van der Waals surface area contributed by atoms with Gasteiger partial charge < -0.3 is 0 Å². The SMILES string of the molecule is CS(=O)(=O)Nc1cccc(NS(=O)(=O)c2ccccc2C(F)(F)F)c1. The van der Waals surface area contributed by atoms with Crippen LogP contribution in [0.25, 0.3) is 0 Å². The molecule has 0 aliphatic carbocycles. The Morgan fingerprint density at radius 3 is 1.96 bits per heavy atom. The predicted molar refractivity (Wildman–Crippen MR) is 87.2 cm³/mol. The summed E-state index contributed by atoms with van der Waals surface area (Å²) in [6.45, 7) is 0.